The van der Waals surface area contributed by atoms with Gasteiger partial charge in [0.1, 0.15) is 5.69 Å². The van der Waals surface area contributed by atoms with E-state index in [4.69, 9.17) is 15.2 Å². The average Bonchev–Trinajstić information content (AvgIpc) is 2.87. The molecule has 0 fully saturated rings. The quantitative estimate of drug-likeness (QED) is 0.497. The van der Waals surface area contributed by atoms with Crippen molar-refractivity contribution in [3.63, 3.8) is 0 Å². The fraction of sp³-hybridized carbons (Fsp3) is 0.714. The first kappa shape index (κ1) is 17.6. The van der Waals surface area contributed by atoms with Gasteiger partial charge in [-0.3, -0.25) is 9.48 Å². The second-order valence-corrected chi connectivity index (χ2v) is 5.19. The molecule has 7 heteroatoms. The summed E-state index contributed by atoms with van der Waals surface area (Å²) >= 11 is 0. The van der Waals surface area contributed by atoms with E-state index >= 15 is 0 Å². The molecule has 0 aliphatic carbocycles. The molecule has 120 valence electrons. The number of aromatic nitrogens is 2. The highest BCUT2D eigenvalue weighted by molar-refractivity contribution is 6.00. The minimum Gasteiger partial charge on any atom is -0.493 e. The van der Waals surface area contributed by atoms with Gasteiger partial charge < -0.3 is 20.1 Å². The lowest BCUT2D eigenvalue weighted by atomic mass is 10.1. The van der Waals surface area contributed by atoms with Gasteiger partial charge in [-0.05, 0) is 26.9 Å². The van der Waals surface area contributed by atoms with Crippen LogP contribution in [0, 0.1) is 0 Å². The Bertz CT molecular complexity index is 445. The first-order valence-electron chi connectivity index (χ1n) is 7.04. The maximum atomic E-state index is 12.5. The molecule has 0 saturated heterocycles. The van der Waals surface area contributed by atoms with E-state index in [0.717, 1.165) is 13.0 Å². The van der Waals surface area contributed by atoms with E-state index in [1.54, 1.807) is 18.0 Å². The third-order valence-corrected chi connectivity index (χ3v) is 3.22. The molecule has 1 atom stereocenters. The van der Waals surface area contributed by atoms with Gasteiger partial charge in [-0.15, -0.1) is 0 Å². The summed E-state index contributed by atoms with van der Waals surface area (Å²) in [5.41, 5.74) is 6.43. The van der Waals surface area contributed by atoms with E-state index in [-0.39, 0.29) is 5.78 Å². The zero-order chi connectivity index (χ0) is 15.8. The van der Waals surface area contributed by atoms with Crippen LogP contribution >= 0.6 is 0 Å². The van der Waals surface area contributed by atoms with Crippen molar-refractivity contribution in [1.29, 1.82) is 0 Å². The Balaban J connectivity index is 2.82. The molecule has 7 nitrogen and oxygen atoms in total. The molecule has 0 amide bonds. The molecule has 0 saturated carbocycles. The lowest BCUT2D eigenvalue weighted by molar-refractivity contribution is 0.0935. The summed E-state index contributed by atoms with van der Waals surface area (Å²) in [5, 5.41) is 4.22. The van der Waals surface area contributed by atoms with Crippen LogP contribution in [0.3, 0.4) is 0 Å². The molecular formula is C14H26N4O3. The molecule has 1 rings (SSSR count). The third-order valence-electron chi connectivity index (χ3n) is 3.22. The largest absolute Gasteiger partial charge is 0.493 e. The highest BCUT2D eigenvalue weighted by atomic mass is 16.5. The molecular weight excluding hydrogens is 272 g/mol. The molecule has 1 heterocycles. The summed E-state index contributed by atoms with van der Waals surface area (Å²) in [4.78, 5) is 14.6. The van der Waals surface area contributed by atoms with Crippen LogP contribution in [-0.4, -0.2) is 68.0 Å². The van der Waals surface area contributed by atoms with Crippen LogP contribution < -0.4 is 10.5 Å². The molecule has 0 radical (unpaired) electrons. The number of hydrogen-bond acceptors (Lipinski definition) is 6. The van der Waals surface area contributed by atoms with Gasteiger partial charge in [0.05, 0.1) is 25.9 Å². The average molecular weight is 298 g/mol. The second kappa shape index (κ2) is 8.76. The molecule has 2 N–H and O–H groups in total. The Morgan fingerprint density at radius 1 is 1.48 bits per heavy atom. The molecule has 1 aromatic rings. The topological polar surface area (TPSA) is 82.6 Å². The Labute approximate surface area is 126 Å². The fourth-order valence-electron chi connectivity index (χ4n) is 1.98. The van der Waals surface area contributed by atoms with Gasteiger partial charge in [-0.2, -0.15) is 5.10 Å². The molecule has 21 heavy (non-hydrogen) atoms. The molecule has 0 aliphatic heterocycles. The van der Waals surface area contributed by atoms with E-state index in [0.29, 0.717) is 31.0 Å². The number of nitrogens with two attached hydrogens (primary N) is 1. The normalized spacial score (nSPS) is 12.7. The second-order valence-electron chi connectivity index (χ2n) is 5.19. The number of ether oxygens (including phenoxy) is 2. The van der Waals surface area contributed by atoms with E-state index in [9.17, 15) is 4.79 Å². The number of ketones is 1. The van der Waals surface area contributed by atoms with Crippen molar-refractivity contribution < 1.29 is 14.3 Å². The fourth-order valence-corrected chi connectivity index (χ4v) is 1.98. The summed E-state index contributed by atoms with van der Waals surface area (Å²) in [7, 11) is 7.10. The van der Waals surface area contributed by atoms with Crippen molar-refractivity contribution in [2.45, 2.75) is 25.4 Å². The summed E-state index contributed by atoms with van der Waals surface area (Å²) in [5.74, 6) is 0.333. The minimum absolute atomic E-state index is 0.140. The van der Waals surface area contributed by atoms with E-state index in [2.05, 4.69) is 5.10 Å². The molecule has 0 aliphatic rings. The van der Waals surface area contributed by atoms with Gasteiger partial charge in [0.15, 0.2) is 5.75 Å². The van der Waals surface area contributed by atoms with Crippen LogP contribution in [0.15, 0.2) is 6.20 Å². The third kappa shape index (κ3) is 5.11. The van der Waals surface area contributed by atoms with Gasteiger partial charge in [0, 0.05) is 20.3 Å². The lowest BCUT2D eigenvalue weighted by Crippen LogP contribution is -2.33. The first-order chi connectivity index (χ1) is 10.0. The molecule has 0 aromatic carbocycles. The first-order valence-corrected chi connectivity index (χ1v) is 7.04. The predicted molar refractivity (Wildman–Crippen MR) is 80.7 cm³/mol. The highest BCUT2D eigenvalue weighted by Gasteiger charge is 2.24. The van der Waals surface area contributed by atoms with Crippen LogP contribution in [0.25, 0.3) is 0 Å². The van der Waals surface area contributed by atoms with Crippen molar-refractivity contribution >= 4 is 5.78 Å². The Morgan fingerprint density at radius 2 is 2.19 bits per heavy atom. The van der Waals surface area contributed by atoms with Gasteiger partial charge in [0.2, 0.25) is 5.78 Å². The Kier molecular flexibility index (Phi) is 7.35. The predicted octanol–water partition coefficient (Wildman–Crippen LogP) is 0.390. The van der Waals surface area contributed by atoms with Crippen LogP contribution in [0.1, 0.15) is 23.3 Å². The van der Waals surface area contributed by atoms with E-state index in [1.165, 1.54) is 7.11 Å². The van der Waals surface area contributed by atoms with Crippen molar-refractivity contribution in [1.82, 2.24) is 14.7 Å². The number of methoxy groups -OCH3 is 2. The van der Waals surface area contributed by atoms with Crippen molar-refractivity contribution in [3.05, 3.63) is 11.9 Å². The van der Waals surface area contributed by atoms with E-state index < -0.39 is 6.04 Å². The number of hydrogen-bond donors (Lipinski definition) is 1. The van der Waals surface area contributed by atoms with Crippen LogP contribution in [0.4, 0.5) is 0 Å². The van der Waals surface area contributed by atoms with Crippen molar-refractivity contribution in [3.8, 4) is 5.75 Å². The molecule has 0 bridgehead atoms. The van der Waals surface area contributed by atoms with Gasteiger partial charge in [-0.1, -0.05) is 0 Å². The number of Topliss-reactive ketones (excluding diaryl/α,β-unsaturated/α-hetero) is 1. The van der Waals surface area contributed by atoms with Gasteiger partial charge >= 0.3 is 0 Å². The van der Waals surface area contributed by atoms with E-state index in [1.807, 2.05) is 19.0 Å². The van der Waals surface area contributed by atoms with Crippen LogP contribution in [-0.2, 0) is 11.3 Å². The zero-order valence-corrected chi connectivity index (χ0v) is 13.3. The van der Waals surface area contributed by atoms with Crippen LogP contribution in [0.2, 0.25) is 0 Å². The van der Waals surface area contributed by atoms with Crippen molar-refractivity contribution in [2.24, 2.45) is 5.73 Å². The molecule has 0 spiro atoms. The van der Waals surface area contributed by atoms with Crippen LogP contribution in [0.5, 0.6) is 5.75 Å². The zero-order valence-electron chi connectivity index (χ0n) is 13.3. The summed E-state index contributed by atoms with van der Waals surface area (Å²) < 4.78 is 11.9. The Morgan fingerprint density at radius 3 is 2.76 bits per heavy atom. The maximum absolute atomic E-state index is 12.5. The lowest BCUT2D eigenvalue weighted by Gasteiger charge is -2.15. The number of likely N-dealkylation sites (N-methyl/N-ethyl adjacent to an activating group) is 1. The summed E-state index contributed by atoms with van der Waals surface area (Å²) in [6, 6.07) is -0.566. The van der Waals surface area contributed by atoms with Gasteiger partial charge in [0.25, 0.3) is 0 Å². The molecule has 1 aromatic heterocycles. The standard InChI is InChI=1S/C14H26N4O3/c1-17(2)7-8-18-13(12(21-4)10-16-18)14(19)11(15)6-5-9-20-3/h10-11H,5-9,15H2,1-4H3. The van der Waals surface area contributed by atoms with Crippen molar-refractivity contribution in [2.75, 3.05) is 41.5 Å². The minimum atomic E-state index is -0.566. The maximum Gasteiger partial charge on any atom is 0.201 e. The number of rotatable bonds is 10. The Hall–Kier alpha value is -1.44. The highest BCUT2D eigenvalue weighted by Crippen LogP contribution is 2.20. The van der Waals surface area contributed by atoms with Gasteiger partial charge in [-0.25, -0.2) is 0 Å². The monoisotopic (exact) mass is 298 g/mol. The SMILES string of the molecule is COCCCC(N)C(=O)c1c(OC)cnn1CCN(C)C. The summed E-state index contributed by atoms with van der Waals surface area (Å²) in [6.45, 7) is 1.99. The number of carbonyl (C=O) groups is 1. The number of carbonyl (C=O) groups excluding carboxylic acids is 1. The molecule has 1 unspecified atom stereocenters. The summed E-state index contributed by atoms with van der Waals surface area (Å²) in [6.07, 6.45) is 2.89. The number of nitrogens with zero attached hydrogens (tertiary/aromatic N) is 3. The smallest absolute Gasteiger partial charge is 0.201 e.